The van der Waals surface area contributed by atoms with Crippen LogP contribution in [0.5, 0.6) is 11.5 Å². The van der Waals surface area contributed by atoms with Gasteiger partial charge in [0.1, 0.15) is 11.5 Å². The summed E-state index contributed by atoms with van der Waals surface area (Å²) in [7, 11) is 0. The molecule has 0 bridgehead atoms. The monoisotopic (exact) mass is 422 g/mol. The Kier molecular flexibility index (Phi) is 4.71. The van der Waals surface area contributed by atoms with Crippen LogP contribution in [0.1, 0.15) is 39.5 Å². The molecule has 5 rings (SSSR count). The maximum Gasteiger partial charge on any atom is 0.338 e. The van der Waals surface area contributed by atoms with Crippen molar-refractivity contribution in [1.82, 2.24) is 0 Å². The predicted octanol–water partition coefficient (Wildman–Crippen LogP) is 5.64. The Morgan fingerprint density at radius 1 is 0.750 bits per heavy atom. The quantitative estimate of drug-likeness (QED) is 0.368. The second-order valence-corrected chi connectivity index (χ2v) is 7.87. The molecule has 1 aliphatic carbocycles. The molecule has 0 aliphatic heterocycles. The second kappa shape index (κ2) is 7.57. The lowest BCUT2D eigenvalue weighted by Crippen LogP contribution is -2.28. The Labute approximate surface area is 186 Å². The van der Waals surface area contributed by atoms with Crippen LogP contribution >= 0.6 is 0 Å². The van der Waals surface area contributed by atoms with Crippen LogP contribution in [0.4, 0.5) is 0 Å². The summed E-state index contributed by atoms with van der Waals surface area (Å²) in [5.74, 6) is -0.000611. The van der Waals surface area contributed by atoms with Gasteiger partial charge in [-0.1, -0.05) is 54.6 Å². The van der Waals surface area contributed by atoms with E-state index < -0.39 is 5.41 Å². The van der Waals surface area contributed by atoms with Gasteiger partial charge in [-0.15, -0.1) is 0 Å². The van der Waals surface area contributed by atoms with Gasteiger partial charge in [0.25, 0.3) is 0 Å². The number of aromatic hydroxyl groups is 2. The van der Waals surface area contributed by atoms with Gasteiger partial charge in [-0.3, -0.25) is 0 Å². The molecule has 0 radical (unpaired) electrons. The topological polar surface area (TPSA) is 66.8 Å². The molecule has 0 heterocycles. The molecule has 0 amide bonds. The number of phenols is 2. The first kappa shape index (κ1) is 19.9. The Morgan fingerprint density at radius 2 is 1.31 bits per heavy atom. The number of carbonyl (C=O) groups is 1. The van der Waals surface area contributed by atoms with E-state index in [0.29, 0.717) is 12.2 Å². The molecule has 32 heavy (non-hydrogen) atoms. The van der Waals surface area contributed by atoms with Gasteiger partial charge in [0.2, 0.25) is 0 Å². The van der Waals surface area contributed by atoms with E-state index in [4.69, 9.17) is 4.74 Å². The lowest BCUT2D eigenvalue weighted by atomic mass is 9.67. The summed E-state index contributed by atoms with van der Waals surface area (Å²) in [6.07, 6.45) is 0. The fourth-order valence-corrected chi connectivity index (χ4v) is 4.83. The number of fused-ring (bicyclic) bond motifs is 3. The van der Waals surface area contributed by atoms with E-state index >= 15 is 0 Å². The Bertz CT molecular complexity index is 1260. The van der Waals surface area contributed by atoms with Crippen LogP contribution in [-0.4, -0.2) is 22.8 Å². The van der Waals surface area contributed by atoms with Gasteiger partial charge in [0.05, 0.1) is 17.6 Å². The average Bonchev–Trinajstić information content (AvgIpc) is 3.11. The molecule has 0 aromatic heterocycles. The predicted molar refractivity (Wildman–Crippen MR) is 123 cm³/mol. The van der Waals surface area contributed by atoms with Crippen molar-refractivity contribution >= 4 is 5.97 Å². The number of benzene rings is 4. The number of carbonyl (C=O) groups excluding carboxylic acids is 1. The van der Waals surface area contributed by atoms with Crippen LogP contribution in [0.15, 0.2) is 91.0 Å². The summed E-state index contributed by atoms with van der Waals surface area (Å²) < 4.78 is 5.27. The van der Waals surface area contributed by atoms with Crippen LogP contribution in [0, 0.1) is 0 Å². The van der Waals surface area contributed by atoms with Gasteiger partial charge in [-0.05, 0) is 76.7 Å². The SMILES string of the molecule is CCOC(=O)c1ccc2c(c1)C(c1ccc(O)cc1)(c1ccc(O)cc1)c1ccccc1-2. The highest BCUT2D eigenvalue weighted by Gasteiger charge is 2.46. The molecule has 4 aromatic rings. The van der Waals surface area contributed by atoms with Crippen molar-refractivity contribution in [2.75, 3.05) is 6.61 Å². The largest absolute Gasteiger partial charge is 0.508 e. The molecule has 0 atom stereocenters. The van der Waals surface area contributed by atoms with Crippen LogP contribution < -0.4 is 0 Å². The van der Waals surface area contributed by atoms with Crippen LogP contribution in [0.25, 0.3) is 11.1 Å². The lowest BCUT2D eigenvalue weighted by molar-refractivity contribution is 0.0526. The average molecular weight is 422 g/mol. The first-order chi connectivity index (χ1) is 15.6. The number of esters is 1. The summed E-state index contributed by atoms with van der Waals surface area (Å²) in [5.41, 5.74) is 5.82. The van der Waals surface area contributed by atoms with E-state index in [1.807, 2.05) is 48.5 Å². The summed E-state index contributed by atoms with van der Waals surface area (Å²) in [6, 6.07) is 28.2. The van der Waals surface area contributed by atoms with Crippen LogP contribution in [0.3, 0.4) is 0 Å². The third-order valence-electron chi connectivity index (χ3n) is 6.16. The molecular weight excluding hydrogens is 400 g/mol. The molecule has 2 N–H and O–H groups in total. The first-order valence-electron chi connectivity index (χ1n) is 10.6. The summed E-state index contributed by atoms with van der Waals surface area (Å²) >= 11 is 0. The third kappa shape index (κ3) is 2.88. The Morgan fingerprint density at radius 3 is 1.91 bits per heavy atom. The molecule has 0 saturated carbocycles. The molecule has 4 heteroatoms. The van der Waals surface area contributed by atoms with Gasteiger partial charge in [-0.2, -0.15) is 0 Å². The van der Waals surface area contributed by atoms with Crippen molar-refractivity contribution in [2.24, 2.45) is 0 Å². The molecule has 4 aromatic carbocycles. The van der Waals surface area contributed by atoms with E-state index in [0.717, 1.165) is 33.4 Å². The maximum atomic E-state index is 12.6. The molecule has 0 saturated heterocycles. The van der Waals surface area contributed by atoms with Crippen molar-refractivity contribution in [3.05, 3.63) is 119 Å². The minimum Gasteiger partial charge on any atom is -0.508 e. The minimum absolute atomic E-state index is 0.182. The van der Waals surface area contributed by atoms with E-state index in [9.17, 15) is 15.0 Å². The van der Waals surface area contributed by atoms with Crippen molar-refractivity contribution in [3.63, 3.8) is 0 Å². The molecule has 0 unspecified atom stereocenters. The number of ether oxygens (including phenoxy) is 1. The minimum atomic E-state index is -0.726. The summed E-state index contributed by atoms with van der Waals surface area (Å²) in [5, 5.41) is 19.9. The summed E-state index contributed by atoms with van der Waals surface area (Å²) in [6.45, 7) is 2.09. The van der Waals surface area contributed by atoms with Crippen LogP contribution in [0.2, 0.25) is 0 Å². The Balaban J connectivity index is 1.89. The smallest absolute Gasteiger partial charge is 0.338 e. The van der Waals surface area contributed by atoms with Crippen molar-refractivity contribution in [3.8, 4) is 22.6 Å². The zero-order valence-corrected chi connectivity index (χ0v) is 17.6. The van der Waals surface area contributed by atoms with Gasteiger partial charge in [-0.25, -0.2) is 4.79 Å². The van der Waals surface area contributed by atoms with Gasteiger partial charge >= 0.3 is 5.97 Å². The number of hydrogen-bond acceptors (Lipinski definition) is 4. The van der Waals surface area contributed by atoms with E-state index in [1.54, 1.807) is 37.3 Å². The van der Waals surface area contributed by atoms with E-state index in [2.05, 4.69) is 12.1 Å². The zero-order chi connectivity index (χ0) is 22.3. The van der Waals surface area contributed by atoms with Crippen molar-refractivity contribution < 1.29 is 19.7 Å². The maximum absolute atomic E-state index is 12.6. The highest BCUT2D eigenvalue weighted by molar-refractivity contribution is 5.94. The van der Waals surface area contributed by atoms with Crippen LogP contribution in [-0.2, 0) is 10.2 Å². The van der Waals surface area contributed by atoms with Crippen molar-refractivity contribution in [1.29, 1.82) is 0 Å². The van der Waals surface area contributed by atoms with Gasteiger partial charge < -0.3 is 14.9 Å². The van der Waals surface area contributed by atoms with Gasteiger partial charge in [0.15, 0.2) is 0 Å². The Hall–Kier alpha value is -4.05. The standard InChI is InChI=1S/C28H22O4/c1-2-32-27(31)18-7-16-24-23-5-3-4-6-25(23)28(26(24)17-18,19-8-12-21(29)13-9-19)20-10-14-22(30)15-11-20/h3-17,29-30H,2H2,1H3. The molecule has 0 fully saturated rings. The lowest BCUT2D eigenvalue weighted by Gasteiger charge is -2.34. The number of phenolic OH excluding ortho intramolecular Hbond substituents is 2. The third-order valence-corrected chi connectivity index (χ3v) is 6.16. The number of hydrogen-bond donors (Lipinski definition) is 2. The normalized spacial score (nSPS) is 13.3. The molecule has 4 nitrogen and oxygen atoms in total. The zero-order valence-electron chi connectivity index (χ0n) is 17.6. The molecule has 1 aliphatic rings. The highest BCUT2D eigenvalue weighted by Crippen LogP contribution is 2.56. The van der Waals surface area contributed by atoms with E-state index in [1.165, 1.54) is 0 Å². The molecular formula is C28H22O4. The first-order valence-corrected chi connectivity index (χ1v) is 10.6. The van der Waals surface area contributed by atoms with Gasteiger partial charge in [0, 0.05) is 0 Å². The fraction of sp³-hybridized carbons (Fsp3) is 0.107. The fourth-order valence-electron chi connectivity index (χ4n) is 4.83. The summed E-state index contributed by atoms with van der Waals surface area (Å²) in [4.78, 5) is 12.6. The number of rotatable bonds is 4. The highest BCUT2D eigenvalue weighted by atomic mass is 16.5. The molecule has 158 valence electrons. The second-order valence-electron chi connectivity index (χ2n) is 7.87. The van der Waals surface area contributed by atoms with E-state index in [-0.39, 0.29) is 17.5 Å². The molecule has 0 spiro atoms. The van der Waals surface area contributed by atoms with Crippen molar-refractivity contribution in [2.45, 2.75) is 12.3 Å².